The second-order valence-electron chi connectivity index (χ2n) is 7.94. The number of carboxylic acids is 1. The lowest BCUT2D eigenvalue weighted by molar-refractivity contribution is -0.144. The van der Waals surface area contributed by atoms with Crippen LogP contribution in [0.5, 0.6) is 11.5 Å². The van der Waals surface area contributed by atoms with Crippen LogP contribution in [0, 0.1) is 5.92 Å². The Bertz CT molecular complexity index is 1060. The summed E-state index contributed by atoms with van der Waals surface area (Å²) in [6.07, 6.45) is 2.03. The summed E-state index contributed by atoms with van der Waals surface area (Å²) in [5, 5.41) is 17.3. The maximum atomic E-state index is 12.6. The van der Waals surface area contributed by atoms with Gasteiger partial charge in [-0.15, -0.1) is 0 Å². The van der Waals surface area contributed by atoms with E-state index in [9.17, 15) is 9.90 Å². The molecule has 1 aliphatic heterocycles. The number of fused-ring (bicyclic) bond motifs is 1. The molecule has 166 valence electrons. The molecule has 1 atom stereocenters. The summed E-state index contributed by atoms with van der Waals surface area (Å²) in [5.74, 6) is -0.414. The second-order valence-corrected chi connectivity index (χ2v) is 7.94. The maximum absolute atomic E-state index is 12.6. The number of carboxylic acid groups (broad SMARTS) is 1. The second kappa shape index (κ2) is 9.22. The summed E-state index contributed by atoms with van der Waals surface area (Å²) >= 11 is 0. The van der Waals surface area contributed by atoms with Gasteiger partial charge >= 0.3 is 5.97 Å². The van der Waals surface area contributed by atoms with Crippen LogP contribution < -0.4 is 20.1 Å². The van der Waals surface area contributed by atoms with E-state index < -0.39 is 17.6 Å². The van der Waals surface area contributed by atoms with Crippen LogP contribution in [0.4, 0.5) is 11.4 Å². The molecule has 6 heteroatoms. The van der Waals surface area contributed by atoms with Crippen molar-refractivity contribution < 1.29 is 19.4 Å². The number of benzene rings is 3. The van der Waals surface area contributed by atoms with Crippen molar-refractivity contribution in [3.63, 3.8) is 0 Å². The van der Waals surface area contributed by atoms with Crippen LogP contribution in [0.2, 0.25) is 0 Å². The SMILES string of the molecule is COc1ccc(C2(C(CCCc3ccccc3)C(=O)O)Nc3ccccc3N2)c(OC)c1. The van der Waals surface area contributed by atoms with Gasteiger partial charge in [-0.3, -0.25) is 4.79 Å². The first-order chi connectivity index (χ1) is 15.6. The molecule has 1 unspecified atom stereocenters. The number of hydrogen-bond donors (Lipinski definition) is 3. The van der Waals surface area contributed by atoms with E-state index in [2.05, 4.69) is 22.8 Å². The van der Waals surface area contributed by atoms with Gasteiger partial charge in [-0.25, -0.2) is 0 Å². The molecule has 0 saturated heterocycles. The first kappa shape index (κ1) is 21.6. The molecule has 32 heavy (non-hydrogen) atoms. The Balaban J connectivity index is 1.72. The lowest BCUT2D eigenvalue weighted by Gasteiger charge is -2.38. The molecular formula is C26H28N2O4. The first-order valence-corrected chi connectivity index (χ1v) is 10.7. The highest BCUT2D eigenvalue weighted by Gasteiger charge is 2.49. The number of methoxy groups -OCH3 is 2. The minimum atomic E-state index is -1.07. The predicted octanol–water partition coefficient (Wildman–Crippen LogP) is 5.12. The van der Waals surface area contributed by atoms with Crippen molar-refractivity contribution in [1.82, 2.24) is 0 Å². The molecule has 1 aliphatic rings. The lowest BCUT2D eigenvalue weighted by atomic mass is 9.81. The topological polar surface area (TPSA) is 79.8 Å². The quantitative estimate of drug-likeness (QED) is 0.436. The maximum Gasteiger partial charge on any atom is 0.311 e. The molecule has 0 radical (unpaired) electrons. The number of carbonyl (C=O) groups is 1. The minimum Gasteiger partial charge on any atom is -0.497 e. The van der Waals surface area contributed by atoms with Gasteiger partial charge < -0.3 is 25.2 Å². The molecule has 0 aromatic heterocycles. The van der Waals surface area contributed by atoms with E-state index in [1.165, 1.54) is 5.56 Å². The fourth-order valence-electron chi connectivity index (χ4n) is 4.46. The molecule has 0 bridgehead atoms. The Morgan fingerprint density at radius 3 is 2.19 bits per heavy atom. The number of nitrogens with one attached hydrogen (secondary N) is 2. The Hall–Kier alpha value is -3.67. The van der Waals surface area contributed by atoms with Gasteiger partial charge in [-0.1, -0.05) is 42.5 Å². The molecule has 1 heterocycles. The van der Waals surface area contributed by atoms with Gasteiger partial charge in [-0.05, 0) is 49.1 Å². The van der Waals surface area contributed by atoms with Crippen LogP contribution in [-0.2, 0) is 16.9 Å². The molecule has 6 nitrogen and oxygen atoms in total. The Labute approximate surface area is 188 Å². The van der Waals surface area contributed by atoms with Gasteiger partial charge in [0, 0.05) is 11.6 Å². The van der Waals surface area contributed by atoms with Crippen molar-refractivity contribution in [2.24, 2.45) is 5.92 Å². The summed E-state index contributed by atoms with van der Waals surface area (Å²) in [6, 6.07) is 23.4. The molecule has 0 aliphatic carbocycles. The Morgan fingerprint density at radius 2 is 1.59 bits per heavy atom. The van der Waals surface area contributed by atoms with Gasteiger partial charge in [0.2, 0.25) is 0 Å². The predicted molar refractivity (Wildman–Crippen MR) is 125 cm³/mol. The zero-order chi connectivity index (χ0) is 22.6. The zero-order valence-electron chi connectivity index (χ0n) is 18.3. The average Bonchev–Trinajstić information content (AvgIpc) is 3.22. The van der Waals surface area contributed by atoms with Crippen molar-refractivity contribution in [1.29, 1.82) is 0 Å². The molecule has 0 spiro atoms. The molecular weight excluding hydrogens is 404 g/mol. The van der Waals surface area contributed by atoms with Crippen molar-refractivity contribution in [2.45, 2.75) is 24.9 Å². The van der Waals surface area contributed by atoms with E-state index in [1.807, 2.05) is 54.6 Å². The normalized spacial score (nSPS) is 14.6. The number of aliphatic carboxylic acids is 1. The van der Waals surface area contributed by atoms with E-state index in [0.29, 0.717) is 17.9 Å². The number of aryl methyl sites for hydroxylation is 1. The third-order valence-electron chi connectivity index (χ3n) is 6.05. The van der Waals surface area contributed by atoms with Crippen LogP contribution in [0.1, 0.15) is 24.0 Å². The van der Waals surface area contributed by atoms with E-state index in [4.69, 9.17) is 9.47 Å². The van der Waals surface area contributed by atoms with Crippen molar-refractivity contribution in [3.05, 3.63) is 83.9 Å². The molecule has 0 fully saturated rings. The molecule has 0 saturated carbocycles. The molecule has 0 amide bonds. The third kappa shape index (κ3) is 4.08. The fourth-order valence-corrected chi connectivity index (χ4v) is 4.46. The smallest absolute Gasteiger partial charge is 0.311 e. The average molecular weight is 433 g/mol. The third-order valence-corrected chi connectivity index (χ3v) is 6.05. The van der Waals surface area contributed by atoms with Gasteiger partial charge in [0.1, 0.15) is 17.4 Å². The molecule has 3 aromatic carbocycles. The van der Waals surface area contributed by atoms with Gasteiger partial charge in [0.25, 0.3) is 0 Å². The number of ether oxygens (including phenoxy) is 2. The van der Waals surface area contributed by atoms with E-state index >= 15 is 0 Å². The van der Waals surface area contributed by atoms with Crippen LogP contribution in [0.25, 0.3) is 0 Å². The Morgan fingerprint density at radius 1 is 0.938 bits per heavy atom. The number of anilines is 2. The minimum absolute atomic E-state index is 0.480. The highest BCUT2D eigenvalue weighted by Crippen LogP contribution is 2.48. The van der Waals surface area contributed by atoms with Crippen LogP contribution in [-0.4, -0.2) is 25.3 Å². The monoisotopic (exact) mass is 432 g/mol. The summed E-state index contributed by atoms with van der Waals surface area (Å²) in [5.41, 5.74) is 2.58. The van der Waals surface area contributed by atoms with Crippen LogP contribution >= 0.6 is 0 Å². The number of rotatable bonds is 9. The van der Waals surface area contributed by atoms with Gasteiger partial charge in [0.05, 0.1) is 25.6 Å². The van der Waals surface area contributed by atoms with Gasteiger partial charge in [0.15, 0.2) is 5.66 Å². The highest BCUT2D eigenvalue weighted by atomic mass is 16.5. The summed E-state index contributed by atoms with van der Waals surface area (Å²) in [7, 11) is 3.18. The van der Waals surface area contributed by atoms with Crippen molar-refractivity contribution in [3.8, 4) is 11.5 Å². The van der Waals surface area contributed by atoms with E-state index in [1.54, 1.807) is 20.3 Å². The van der Waals surface area contributed by atoms with Crippen LogP contribution in [0.3, 0.4) is 0 Å². The van der Waals surface area contributed by atoms with Crippen molar-refractivity contribution >= 4 is 17.3 Å². The number of hydrogen-bond acceptors (Lipinski definition) is 5. The zero-order valence-corrected chi connectivity index (χ0v) is 18.3. The first-order valence-electron chi connectivity index (χ1n) is 10.7. The summed E-state index contributed by atoms with van der Waals surface area (Å²) in [6.45, 7) is 0. The molecule has 3 aromatic rings. The summed E-state index contributed by atoms with van der Waals surface area (Å²) in [4.78, 5) is 12.6. The van der Waals surface area contributed by atoms with Crippen molar-refractivity contribution in [2.75, 3.05) is 24.9 Å². The van der Waals surface area contributed by atoms with E-state index in [-0.39, 0.29) is 0 Å². The number of para-hydroxylation sites is 2. The lowest BCUT2D eigenvalue weighted by Crippen LogP contribution is -2.49. The standard InChI is InChI=1S/C26H28N2O4/c1-31-19-15-16-20(24(17-19)32-2)26(27-22-13-6-7-14-23(22)28-26)21(25(29)30)12-8-11-18-9-4-3-5-10-18/h3-7,9-10,13-17,21,27-28H,8,11-12H2,1-2H3,(H,29,30). The Kier molecular flexibility index (Phi) is 6.21. The molecule has 4 rings (SSSR count). The summed E-state index contributed by atoms with van der Waals surface area (Å²) < 4.78 is 11.0. The molecule has 3 N–H and O–H groups in total. The van der Waals surface area contributed by atoms with Gasteiger partial charge in [-0.2, -0.15) is 0 Å². The largest absolute Gasteiger partial charge is 0.497 e. The highest BCUT2D eigenvalue weighted by molar-refractivity contribution is 5.83. The van der Waals surface area contributed by atoms with E-state index in [0.717, 1.165) is 29.8 Å². The fraction of sp³-hybridized carbons (Fsp3) is 0.269. The van der Waals surface area contributed by atoms with Crippen LogP contribution in [0.15, 0.2) is 72.8 Å².